The summed E-state index contributed by atoms with van der Waals surface area (Å²) in [4.78, 5) is 37.2. The average Bonchev–Trinajstić information content (AvgIpc) is 2.88. The normalized spacial score (nSPS) is 11.2. The number of anilines is 1. The van der Waals surface area contributed by atoms with E-state index in [1.807, 2.05) is 0 Å². The number of nitrogens with one attached hydrogen (secondary N) is 2. The molecule has 30 heavy (non-hydrogen) atoms. The molecule has 2 aromatic rings. The van der Waals surface area contributed by atoms with Gasteiger partial charge in [0, 0.05) is 25.0 Å². The molecule has 0 saturated heterocycles. The van der Waals surface area contributed by atoms with E-state index in [0.717, 1.165) is 6.07 Å². The van der Waals surface area contributed by atoms with Gasteiger partial charge < -0.3 is 15.2 Å². The molecule has 1 heterocycles. The van der Waals surface area contributed by atoms with Crippen LogP contribution in [0.2, 0.25) is 0 Å². The molecule has 0 fully saturated rings. The van der Waals surface area contributed by atoms with Gasteiger partial charge in [-0.15, -0.1) is 6.58 Å². The number of nitrogens with zero attached hydrogens (tertiary/aromatic N) is 1. The van der Waals surface area contributed by atoms with Crippen molar-refractivity contribution in [3.8, 4) is 0 Å². The maximum Gasteiger partial charge on any atom is 0.419 e. The molecule has 10 heteroatoms. The Hall–Kier alpha value is -3.43. The lowest BCUT2D eigenvalue weighted by atomic mass is 10.0. The molecule has 0 unspecified atom stereocenters. The van der Waals surface area contributed by atoms with Crippen molar-refractivity contribution in [2.75, 3.05) is 11.9 Å². The molecule has 0 bridgehead atoms. The minimum Gasteiger partial charge on any atom is -0.346 e. The van der Waals surface area contributed by atoms with Gasteiger partial charge in [-0.1, -0.05) is 6.08 Å². The Bertz CT molecular complexity index is 1040. The van der Waals surface area contributed by atoms with Crippen molar-refractivity contribution in [3.63, 3.8) is 0 Å². The second-order valence-corrected chi connectivity index (χ2v) is 6.47. The fourth-order valence-electron chi connectivity index (χ4n) is 3.00. The SMILES string of the molecule is C=CCNC(=O)C(=O)c1c(C)c(C(=O)Nc2ccc(F)c(C(F)(F)F)c2)n(C)c1C. The highest BCUT2D eigenvalue weighted by Gasteiger charge is 2.34. The van der Waals surface area contributed by atoms with Crippen molar-refractivity contribution in [1.29, 1.82) is 0 Å². The van der Waals surface area contributed by atoms with Gasteiger partial charge in [-0.3, -0.25) is 14.4 Å². The number of hydrogen-bond acceptors (Lipinski definition) is 3. The molecule has 0 spiro atoms. The van der Waals surface area contributed by atoms with Crippen LogP contribution in [0.15, 0.2) is 30.9 Å². The predicted molar refractivity (Wildman–Crippen MR) is 102 cm³/mol. The monoisotopic (exact) mass is 425 g/mol. The van der Waals surface area contributed by atoms with Crippen LogP contribution in [-0.2, 0) is 18.0 Å². The average molecular weight is 425 g/mol. The van der Waals surface area contributed by atoms with Gasteiger partial charge in [-0.25, -0.2) is 4.39 Å². The van der Waals surface area contributed by atoms with Crippen LogP contribution in [0, 0.1) is 19.7 Å². The van der Waals surface area contributed by atoms with E-state index in [0.29, 0.717) is 17.8 Å². The summed E-state index contributed by atoms with van der Waals surface area (Å²) < 4.78 is 53.5. The van der Waals surface area contributed by atoms with Crippen LogP contribution in [0.5, 0.6) is 0 Å². The largest absolute Gasteiger partial charge is 0.419 e. The zero-order valence-electron chi connectivity index (χ0n) is 16.4. The van der Waals surface area contributed by atoms with E-state index in [4.69, 9.17) is 0 Å². The third-order valence-electron chi connectivity index (χ3n) is 4.52. The highest BCUT2D eigenvalue weighted by Crippen LogP contribution is 2.33. The Kier molecular flexibility index (Phi) is 6.49. The molecule has 0 radical (unpaired) electrons. The summed E-state index contributed by atoms with van der Waals surface area (Å²) in [5.74, 6) is -4.03. The minimum atomic E-state index is -4.93. The van der Waals surface area contributed by atoms with Gasteiger partial charge in [0.15, 0.2) is 0 Å². The Morgan fingerprint density at radius 1 is 1.20 bits per heavy atom. The number of carbonyl (C=O) groups is 3. The summed E-state index contributed by atoms with van der Waals surface area (Å²) in [7, 11) is 1.47. The van der Waals surface area contributed by atoms with E-state index in [9.17, 15) is 31.9 Å². The summed E-state index contributed by atoms with van der Waals surface area (Å²) in [5, 5.41) is 4.62. The maximum atomic E-state index is 13.4. The maximum absolute atomic E-state index is 13.4. The molecule has 0 atom stereocenters. The number of rotatable bonds is 6. The number of amides is 2. The fourth-order valence-corrected chi connectivity index (χ4v) is 3.00. The topological polar surface area (TPSA) is 80.2 Å². The second-order valence-electron chi connectivity index (χ2n) is 6.47. The standard InChI is InChI=1S/C20H19F4N3O3/c1-5-8-25-19(30)17(28)15-10(2)16(27(4)11(15)3)18(29)26-12-6-7-14(21)13(9-12)20(22,23)24/h5-7,9H,1,8H2,2-4H3,(H,25,30)(H,26,29). The van der Waals surface area contributed by atoms with Gasteiger partial charge in [0.25, 0.3) is 17.6 Å². The van der Waals surface area contributed by atoms with E-state index >= 15 is 0 Å². The molecular weight excluding hydrogens is 406 g/mol. The van der Waals surface area contributed by atoms with E-state index in [-0.39, 0.29) is 29.1 Å². The molecule has 0 aliphatic heterocycles. The lowest BCUT2D eigenvalue weighted by Gasteiger charge is -2.12. The van der Waals surface area contributed by atoms with E-state index in [1.165, 1.54) is 31.5 Å². The van der Waals surface area contributed by atoms with Gasteiger partial charge >= 0.3 is 6.18 Å². The molecule has 0 saturated carbocycles. The number of carbonyl (C=O) groups excluding carboxylic acids is 3. The van der Waals surface area contributed by atoms with Crippen molar-refractivity contribution in [2.24, 2.45) is 7.05 Å². The molecule has 1 aromatic heterocycles. The first-order valence-electron chi connectivity index (χ1n) is 8.67. The number of ketones is 1. The summed E-state index contributed by atoms with van der Waals surface area (Å²) in [5.41, 5.74) is -1.29. The van der Waals surface area contributed by atoms with Gasteiger partial charge in [0.1, 0.15) is 11.5 Å². The van der Waals surface area contributed by atoms with Gasteiger partial charge in [-0.05, 0) is 37.6 Å². The summed E-state index contributed by atoms with van der Waals surface area (Å²) in [6, 6.07) is 2.07. The second kappa shape index (κ2) is 8.52. The molecule has 6 nitrogen and oxygen atoms in total. The smallest absolute Gasteiger partial charge is 0.346 e. The fraction of sp³-hybridized carbons (Fsp3) is 0.250. The first kappa shape index (κ1) is 22.9. The van der Waals surface area contributed by atoms with Gasteiger partial charge in [0.2, 0.25) is 0 Å². The molecular formula is C20H19F4N3O3. The van der Waals surface area contributed by atoms with Crippen LogP contribution in [0.4, 0.5) is 23.2 Å². The quantitative estimate of drug-likeness (QED) is 0.322. The summed E-state index contributed by atoms with van der Waals surface area (Å²) in [6.07, 6.45) is -3.53. The first-order valence-corrected chi connectivity index (χ1v) is 8.67. The molecule has 0 aliphatic rings. The number of alkyl halides is 3. The third-order valence-corrected chi connectivity index (χ3v) is 4.52. The van der Waals surface area contributed by atoms with Crippen LogP contribution in [-0.4, -0.2) is 28.7 Å². The molecule has 2 N–H and O–H groups in total. The summed E-state index contributed by atoms with van der Waals surface area (Å²) in [6.45, 7) is 6.48. The predicted octanol–water partition coefficient (Wildman–Crippen LogP) is 3.54. The third kappa shape index (κ3) is 4.42. The Morgan fingerprint density at radius 2 is 1.83 bits per heavy atom. The van der Waals surface area contributed by atoms with Gasteiger partial charge in [0.05, 0.1) is 11.1 Å². The Balaban J connectivity index is 2.39. The van der Waals surface area contributed by atoms with Crippen LogP contribution in [0.1, 0.15) is 37.7 Å². The van der Waals surface area contributed by atoms with E-state index in [1.54, 1.807) is 0 Å². The van der Waals surface area contributed by atoms with E-state index < -0.39 is 35.2 Å². The number of benzene rings is 1. The zero-order chi connectivity index (χ0) is 22.8. The number of hydrogen-bond donors (Lipinski definition) is 2. The molecule has 1 aromatic carbocycles. The van der Waals surface area contributed by atoms with Crippen molar-refractivity contribution in [2.45, 2.75) is 20.0 Å². The lowest BCUT2D eigenvalue weighted by molar-refractivity contribution is -0.139. The molecule has 160 valence electrons. The van der Waals surface area contributed by atoms with Crippen molar-refractivity contribution in [1.82, 2.24) is 9.88 Å². The summed E-state index contributed by atoms with van der Waals surface area (Å²) >= 11 is 0. The Labute approximate surface area is 169 Å². The first-order chi connectivity index (χ1) is 13.9. The molecule has 0 aliphatic carbocycles. The highest BCUT2D eigenvalue weighted by atomic mass is 19.4. The van der Waals surface area contributed by atoms with Crippen molar-refractivity contribution in [3.05, 3.63) is 64.7 Å². The van der Waals surface area contributed by atoms with Crippen LogP contribution in [0.3, 0.4) is 0 Å². The van der Waals surface area contributed by atoms with Crippen LogP contribution >= 0.6 is 0 Å². The minimum absolute atomic E-state index is 0.0132. The number of aromatic nitrogens is 1. The number of halogens is 4. The van der Waals surface area contributed by atoms with Crippen molar-refractivity contribution >= 4 is 23.3 Å². The van der Waals surface area contributed by atoms with E-state index in [2.05, 4.69) is 17.2 Å². The van der Waals surface area contributed by atoms with Gasteiger partial charge in [-0.2, -0.15) is 13.2 Å². The number of Topliss-reactive ketones (excluding diaryl/α,β-unsaturated/α-hetero) is 1. The van der Waals surface area contributed by atoms with Crippen molar-refractivity contribution < 1.29 is 31.9 Å². The Morgan fingerprint density at radius 3 is 2.40 bits per heavy atom. The molecule has 2 rings (SSSR count). The molecule has 2 amide bonds. The zero-order valence-corrected chi connectivity index (χ0v) is 16.4. The van der Waals surface area contributed by atoms with Crippen LogP contribution in [0.25, 0.3) is 0 Å². The lowest BCUT2D eigenvalue weighted by Crippen LogP contribution is -2.31. The highest BCUT2D eigenvalue weighted by molar-refractivity contribution is 6.43. The van der Waals surface area contributed by atoms with Crippen LogP contribution < -0.4 is 10.6 Å².